The first kappa shape index (κ1) is 19.7. The number of aromatic nitrogens is 2. The Bertz CT molecular complexity index is 1210. The first-order chi connectivity index (χ1) is 14.6. The molecule has 0 aliphatic heterocycles. The van der Waals surface area contributed by atoms with E-state index in [1.165, 1.54) is 11.3 Å². The van der Waals surface area contributed by atoms with Crippen molar-refractivity contribution < 1.29 is 9.59 Å². The van der Waals surface area contributed by atoms with E-state index in [4.69, 9.17) is 0 Å². The van der Waals surface area contributed by atoms with Crippen LogP contribution in [-0.2, 0) is 17.6 Å². The average Bonchev–Trinajstić information content (AvgIpc) is 3.22. The summed E-state index contributed by atoms with van der Waals surface area (Å²) in [6, 6.07) is 20.8. The number of aryl methyl sites for hydroxylation is 1. The number of para-hydroxylation sites is 1. The molecule has 0 radical (unpaired) electrons. The summed E-state index contributed by atoms with van der Waals surface area (Å²) in [5, 5.41) is 17.0. The minimum atomic E-state index is -0.338. The van der Waals surface area contributed by atoms with Crippen molar-refractivity contribution in [1.82, 2.24) is 10.2 Å². The molecule has 2 amide bonds. The van der Waals surface area contributed by atoms with Crippen LogP contribution < -0.4 is 10.6 Å². The zero-order valence-corrected chi connectivity index (χ0v) is 17.2. The summed E-state index contributed by atoms with van der Waals surface area (Å²) in [5.41, 5.74) is 1.77. The molecule has 150 valence electrons. The van der Waals surface area contributed by atoms with Gasteiger partial charge in [0.15, 0.2) is 0 Å². The molecule has 4 aromatic rings. The number of anilines is 2. The standard InChI is InChI=1S/C23H20N4O2S/c1-2-21-26-27-23(30-21)25-22(29)18-12-5-6-13-19(18)24-20(28)14-16-10-7-9-15-8-3-4-11-17(15)16/h3-13H,2,14H2,1H3,(H,24,28)(H,25,27,29). The second kappa shape index (κ2) is 8.84. The molecule has 0 spiro atoms. The predicted octanol–water partition coefficient (Wildman–Crippen LogP) is 4.69. The Labute approximate surface area is 178 Å². The molecule has 0 fully saturated rings. The third-order valence-electron chi connectivity index (χ3n) is 4.67. The van der Waals surface area contributed by atoms with Gasteiger partial charge >= 0.3 is 0 Å². The van der Waals surface area contributed by atoms with Crippen LogP contribution in [0.25, 0.3) is 10.8 Å². The number of rotatable bonds is 6. The summed E-state index contributed by atoms with van der Waals surface area (Å²) in [6.07, 6.45) is 0.974. The Kier molecular flexibility index (Phi) is 5.81. The molecule has 0 unspecified atom stereocenters. The van der Waals surface area contributed by atoms with Crippen molar-refractivity contribution in [3.63, 3.8) is 0 Å². The van der Waals surface area contributed by atoms with E-state index >= 15 is 0 Å². The number of benzene rings is 3. The topological polar surface area (TPSA) is 84.0 Å². The Balaban J connectivity index is 1.50. The van der Waals surface area contributed by atoms with Crippen LogP contribution in [0.5, 0.6) is 0 Å². The number of hydrogen-bond donors (Lipinski definition) is 2. The molecule has 30 heavy (non-hydrogen) atoms. The van der Waals surface area contributed by atoms with E-state index < -0.39 is 0 Å². The smallest absolute Gasteiger partial charge is 0.259 e. The van der Waals surface area contributed by atoms with E-state index in [9.17, 15) is 9.59 Å². The van der Waals surface area contributed by atoms with Gasteiger partial charge < -0.3 is 5.32 Å². The summed E-state index contributed by atoms with van der Waals surface area (Å²) in [5.74, 6) is -0.523. The molecular weight excluding hydrogens is 396 g/mol. The van der Waals surface area contributed by atoms with Gasteiger partial charge in [-0.2, -0.15) is 0 Å². The highest BCUT2D eigenvalue weighted by molar-refractivity contribution is 7.15. The zero-order valence-electron chi connectivity index (χ0n) is 16.4. The van der Waals surface area contributed by atoms with E-state index in [1.54, 1.807) is 24.3 Å². The molecule has 4 rings (SSSR count). The fraction of sp³-hybridized carbons (Fsp3) is 0.130. The van der Waals surface area contributed by atoms with Crippen molar-refractivity contribution in [2.24, 2.45) is 0 Å². The van der Waals surface area contributed by atoms with Crippen molar-refractivity contribution in [3.8, 4) is 0 Å². The highest BCUT2D eigenvalue weighted by Crippen LogP contribution is 2.22. The molecule has 3 aromatic carbocycles. The second-order valence-electron chi connectivity index (χ2n) is 6.72. The molecule has 0 saturated heterocycles. The number of amides is 2. The summed E-state index contributed by atoms with van der Waals surface area (Å²) in [7, 11) is 0. The molecule has 1 aromatic heterocycles. The van der Waals surface area contributed by atoms with Gasteiger partial charge in [-0.1, -0.05) is 72.9 Å². The first-order valence-electron chi connectivity index (χ1n) is 9.63. The monoisotopic (exact) mass is 416 g/mol. The molecule has 0 atom stereocenters. The Hall–Kier alpha value is -3.58. The first-order valence-corrected chi connectivity index (χ1v) is 10.4. The van der Waals surface area contributed by atoms with Gasteiger partial charge in [0.25, 0.3) is 5.91 Å². The minimum absolute atomic E-state index is 0.184. The Morgan fingerprint density at radius 3 is 2.50 bits per heavy atom. The maximum atomic E-state index is 12.7. The third-order valence-corrected chi connectivity index (χ3v) is 5.65. The average molecular weight is 417 g/mol. The summed E-state index contributed by atoms with van der Waals surface area (Å²) >= 11 is 1.34. The fourth-order valence-electron chi connectivity index (χ4n) is 3.22. The zero-order chi connectivity index (χ0) is 20.9. The SMILES string of the molecule is CCc1nnc(NC(=O)c2ccccc2NC(=O)Cc2cccc3ccccc23)s1. The lowest BCUT2D eigenvalue weighted by Gasteiger charge is -2.11. The molecule has 0 saturated carbocycles. The summed E-state index contributed by atoms with van der Waals surface area (Å²) < 4.78 is 0. The molecule has 0 aliphatic rings. The summed E-state index contributed by atoms with van der Waals surface area (Å²) in [4.78, 5) is 25.5. The number of hydrogen-bond acceptors (Lipinski definition) is 5. The predicted molar refractivity (Wildman–Crippen MR) is 120 cm³/mol. The van der Waals surface area contributed by atoms with Crippen LogP contribution in [0.1, 0.15) is 27.9 Å². The molecule has 7 heteroatoms. The molecular formula is C23H20N4O2S. The normalized spacial score (nSPS) is 10.7. The number of carbonyl (C=O) groups excluding carboxylic acids is 2. The maximum absolute atomic E-state index is 12.7. The molecule has 2 N–H and O–H groups in total. The van der Waals surface area contributed by atoms with Gasteiger partial charge in [0.2, 0.25) is 11.0 Å². The van der Waals surface area contributed by atoms with Gasteiger partial charge in [-0.3, -0.25) is 14.9 Å². The van der Waals surface area contributed by atoms with Crippen LogP contribution in [0.15, 0.2) is 66.7 Å². The number of carbonyl (C=O) groups is 2. The molecule has 0 bridgehead atoms. The minimum Gasteiger partial charge on any atom is -0.325 e. The van der Waals surface area contributed by atoms with Crippen molar-refractivity contribution in [1.29, 1.82) is 0 Å². The van der Waals surface area contributed by atoms with Gasteiger partial charge in [-0.05, 0) is 34.9 Å². The number of nitrogens with zero attached hydrogens (tertiary/aromatic N) is 2. The van der Waals surface area contributed by atoms with Crippen molar-refractivity contribution >= 4 is 44.7 Å². The molecule has 0 aliphatic carbocycles. The van der Waals surface area contributed by atoms with Crippen LogP contribution in [0.2, 0.25) is 0 Å². The van der Waals surface area contributed by atoms with Gasteiger partial charge in [-0.15, -0.1) is 10.2 Å². The maximum Gasteiger partial charge on any atom is 0.259 e. The lowest BCUT2D eigenvalue weighted by atomic mass is 10.0. The van der Waals surface area contributed by atoms with Crippen LogP contribution in [0.3, 0.4) is 0 Å². The Morgan fingerprint density at radius 2 is 1.67 bits per heavy atom. The van der Waals surface area contributed by atoms with Gasteiger partial charge in [0.1, 0.15) is 5.01 Å². The van der Waals surface area contributed by atoms with Gasteiger partial charge in [0, 0.05) is 0 Å². The number of nitrogens with one attached hydrogen (secondary N) is 2. The van der Waals surface area contributed by atoms with Crippen LogP contribution in [0.4, 0.5) is 10.8 Å². The Morgan fingerprint density at radius 1 is 0.900 bits per heavy atom. The van der Waals surface area contributed by atoms with Crippen molar-refractivity contribution in [3.05, 3.63) is 82.9 Å². The highest BCUT2D eigenvalue weighted by Gasteiger charge is 2.16. The van der Waals surface area contributed by atoms with Crippen molar-refractivity contribution in [2.45, 2.75) is 19.8 Å². The molecule has 1 heterocycles. The lowest BCUT2D eigenvalue weighted by Crippen LogP contribution is -2.19. The number of fused-ring (bicyclic) bond motifs is 1. The van der Waals surface area contributed by atoms with Crippen molar-refractivity contribution in [2.75, 3.05) is 10.6 Å². The second-order valence-corrected chi connectivity index (χ2v) is 7.78. The van der Waals surface area contributed by atoms with E-state index in [0.717, 1.165) is 27.8 Å². The van der Waals surface area contributed by atoms with Gasteiger partial charge in [-0.25, -0.2) is 0 Å². The quantitative estimate of drug-likeness (QED) is 0.478. The summed E-state index contributed by atoms with van der Waals surface area (Å²) in [6.45, 7) is 1.98. The van der Waals surface area contributed by atoms with Crippen LogP contribution in [0, 0.1) is 0 Å². The highest BCUT2D eigenvalue weighted by atomic mass is 32.1. The van der Waals surface area contributed by atoms with E-state index in [-0.39, 0.29) is 18.2 Å². The van der Waals surface area contributed by atoms with E-state index in [1.807, 2.05) is 49.4 Å². The van der Waals surface area contributed by atoms with E-state index in [0.29, 0.717) is 16.4 Å². The van der Waals surface area contributed by atoms with Crippen LogP contribution in [-0.4, -0.2) is 22.0 Å². The molecule has 6 nitrogen and oxygen atoms in total. The third kappa shape index (κ3) is 4.36. The van der Waals surface area contributed by atoms with Gasteiger partial charge in [0.05, 0.1) is 17.7 Å². The van der Waals surface area contributed by atoms with E-state index in [2.05, 4.69) is 20.8 Å². The van der Waals surface area contributed by atoms with Crippen LogP contribution >= 0.6 is 11.3 Å². The largest absolute Gasteiger partial charge is 0.325 e. The lowest BCUT2D eigenvalue weighted by molar-refractivity contribution is -0.115. The fourth-order valence-corrected chi connectivity index (χ4v) is 3.89.